The molecule has 2 rings (SSSR count). The summed E-state index contributed by atoms with van der Waals surface area (Å²) in [6.45, 7) is 1.94. The van der Waals surface area contributed by atoms with Gasteiger partial charge in [-0.2, -0.15) is 0 Å². The first-order valence-corrected chi connectivity index (χ1v) is 6.29. The molecule has 108 valence electrons. The van der Waals surface area contributed by atoms with E-state index in [1.165, 1.54) is 18.5 Å². The maximum Gasteiger partial charge on any atom is 0.337 e. The molecule has 0 aliphatic carbocycles. The summed E-state index contributed by atoms with van der Waals surface area (Å²) in [6, 6.07) is 7.80. The molecule has 0 saturated carbocycles. The summed E-state index contributed by atoms with van der Waals surface area (Å²) >= 11 is 0. The van der Waals surface area contributed by atoms with Crippen LogP contribution in [0.5, 0.6) is 0 Å². The van der Waals surface area contributed by atoms with E-state index in [4.69, 9.17) is 10.8 Å². The summed E-state index contributed by atoms with van der Waals surface area (Å²) in [4.78, 5) is 26.7. The lowest BCUT2D eigenvalue weighted by molar-refractivity contribution is -0.117. The van der Waals surface area contributed by atoms with Crippen LogP contribution in [0.1, 0.15) is 27.5 Å². The fourth-order valence-corrected chi connectivity index (χ4v) is 1.77. The Morgan fingerprint density at radius 2 is 1.90 bits per heavy atom. The van der Waals surface area contributed by atoms with Crippen molar-refractivity contribution in [2.24, 2.45) is 5.73 Å². The van der Waals surface area contributed by atoms with E-state index in [1.807, 2.05) is 19.1 Å². The Hall–Kier alpha value is -2.73. The summed E-state index contributed by atoms with van der Waals surface area (Å²) in [5.41, 5.74) is 7.93. The van der Waals surface area contributed by atoms with Crippen molar-refractivity contribution >= 4 is 17.6 Å². The number of hydrogen-bond acceptors (Lipinski definition) is 4. The number of aromatic carboxylic acids is 1. The molecule has 0 aliphatic rings. The molecule has 2 aromatic rings. The maximum absolute atomic E-state index is 12.1. The molecule has 4 N–H and O–H groups in total. The van der Waals surface area contributed by atoms with Gasteiger partial charge < -0.3 is 16.2 Å². The number of nitrogens with one attached hydrogen (secondary N) is 1. The average molecular weight is 285 g/mol. The molecule has 1 unspecified atom stereocenters. The highest BCUT2D eigenvalue weighted by Crippen LogP contribution is 2.15. The first-order valence-electron chi connectivity index (χ1n) is 6.29. The first kappa shape index (κ1) is 14.7. The number of hydrogen-bond donors (Lipinski definition) is 3. The van der Waals surface area contributed by atoms with E-state index < -0.39 is 17.9 Å². The van der Waals surface area contributed by atoms with Gasteiger partial charge in [0, 0.05) is 6.20 Å². The highest BCUT2D eigenvalue weighted by molar-refractivity contribution is 5.96. The van der Waals surface area contributed by atoms with Crippen molar-refractivity contribution in [1.29, 1.82) is 0 Å². The van der Waals surface area contributed by atoms with E-state index in [2.05, 4.69) is 10.3 Å². The molecular formula is C15H15N3O3. The zero-order chi connectivity index (χ0) is 15.4. The van der Waals surface area contributed by atoms with Crippen molar-refractivity contribution in [2.75, 3.05) is 5.32 Å². The van der Waals surface area contributed by atoms with Crippen LogP contribution in [0.3, 0.4) is 0 Å². The van der Waals surface area contributed by atoms with E-state index >= 15 is 0 Å². The molecule has 1 heterocycles. The van der Waals surface area contributed by atoms with E-state index in [0.717, 1.165) is 5.56 Å². The zero-order valence-electron chi connectivity index (χ0n) is 11.4. The predicted octanol–water partition coefficient (Wildman–Crippen LogP) is 1.73. The molecule has 21 heavy (non-hydrogen) atoms. The van der Waals surface area contributed by atoms with Gasteiger partial charge in [0.2, 0.25) is 5.91 Å². The summed E-state index contributed by atoms with van der Waals surface area (Å²) in [7, 11) is 0. The third-order valence-electron chi connectivity index (χ3n) is 2.97. The molecule has 1 amide bonds. The number of carboxylic acid groups (broad SMARTS) is 1. The van der Waals surface area contributed by atoms with Gasteiger partial charge in [-0.15, -0.1) is 0 Å². The number of amides is 1. The van der Waals surface area contributed by atoms with Gasteiger partial charge in [0.25, 0.3) is 0 Å². The molecule has 6 nitrogen and oxygen atoms in total. The first-order chi connectivity index (χ1) is 9.97. The fraction of sp³-hybridized carbons (Fsp3) is 0.133. The smallest absolute Gasteiger partial charge is 0.337 e. The summed E-state index contributed by atoms with van der Waals surface area (Å²) < 4.78 is 0. The standard InChI is InChI=1S/C15H15N3O3/c1-9-2-4-10(5-3-9)13(16)14(19)18-12-6-11(15(20)21)7-17-8-12/h2-8,13H,16H2,1H3,(H,18,19)(H,20,21). The summed E-state index contributed by atoms with van der Waals surface area (Å²) in [5, 5.41) is 11.4. The van der Waals surface area contributed by atoms with Crippen molar-refractivity contribution in [2.45, 2.75) is 13.0 Å². The molecule has 1 aromatic carbocycles. The number of rotatable bonds is 4. The van der Waals surface area contributed by atoms with Gasteiger partial charge in [0.15, 0.2) is 0 Å². The van der Waals surface area contributed by atoms with Crippen molar-refractivity contribution in [3.05, 3.63) is 59.4 Å². The molecule has 0 aliphatic heterocycles. The molecule has 0 bridgehead atoms. The van der Waals surface area contributed by atoms with Crippen LogP contribution in [0.25, 0.3) is 0 Å². The van der Waals surface area contributed by atoms with E-state index in [1.54, 1.807) is 12.1 Å². The topological polar surface area (TPSA) is 105 Å². The van der Waals surface area contributed by atoms with Gasteiger partial charge in [0.1, 0.15) is 6.04 Å². The van der Waals surface area contributed by atoms with Crippen molar-refractivity contribution < 1.29 is 14.7 Å². The molecule has 0 spiro atoms. The molecule has 6 heteroatoms. The van der Waals surface area contributed by atoms with Gasteiger partial charge >= 0.3 is 5.97 Å². The Bertz CT molecular complexity index is 668. The number of anilines is 1. The lowest BCUT2D eigenvalue weighted by Gasteiger charge is -2.13. The minimum absolute atomic E-state index is 0.00305. The summed E-state index contributed by atoms with van der Waals surface area (Å²) in [5.74, 6) is -1.54. The van der Waals surface area contributed by atoms with Crippen LogP contribution in [0.4, 0.5) is 5.69 Å². The molecule has 0 radical (unpaired) electrons. The van der Waals surface area contributed by atoms with Gasteiger partial charge in [-0.05, 0) is 18.6 Å². The van der Waals surface area contributed by atoms with Crippen LogP contribution in [-0.2, 0) is 4.79 Å². The number of aryl methyl sites for hydroxylation is 1. The summed E-state index contributed by atoms with van der Waals surface area (Å²) in [6.07, 6.45) is 2.57. The number of carbonyl (C=O) groups excluding carboxylic acids is 1. The second-order valence-corrected chi connectivity index (χ2v) is 4.65. The Kier molecular flexibility index (Phi) is 4.30. The molecule has 1 aromatic heterocycles. The number of nitrogens with two attached hydrogens (primary N) is 1. The normalized spacial score (nSPS) is 11.7. The number of nitrogens with zero attached hydrogens (tertiary/aromatic N) is 1. The average Bonchev–Trinajstić information content (AvgIpc) is 2.47. The minimum atomic E-state index is -1.11. The number of carboxylic acids is 1. The van der Waals surface area contributed by atoms with Crippen LogP contribution in [0, 0.1) is 6.92 Å². The van der Waals surface area contributed by atoms with E-state index in [9.17, 15) is 9.59 Å². The second kappa shape index (κ2) is 6.15. The van der Waals surface area contributed by atoms with Crippen molar-refractivity contribution in [1.82, 2.24) is 4.98 Å². The monoisotopic (exact) mass is 285 g/mol. The van der Waals surface area contributed by atoms with Crippen LogP contribution >= 0.6 is 0 Å². The molecule has 1 atom stereocenters. The van der Waals surface area contributed by atoms with Gasteiger partial charge in [-0.25, -0.2) is 4.79 Å². The third-order valence-corrected chi connectivity index (χ3v) is 2.97. The highest BCUT2D eigenvalue weighted by Gasteiger charge is 2.16. The van der Waals surface area contributed by atoms with Crippen LogP contribution in [0.2, 0.25) is 0 Å². The van der Waals surface area contributed by atoms with Crippen LogP contribution in [-0.4, -0.2) is 22.0 Å². The SMILES string of the molecule is Cc1ccc(C(N)C(=O)Nc2cncc(C(=O)O)c2)cc1. The number of benzene rings is 1. The van der Waals surface area contributed by atoms with Crippen molar-refractivity contribution in [3.63, 3.8) is 0 Å². The minimum Gasteiger partial charge on any atom is -0.478 e. The zero-order valence-corrected chi connectivity index (χ0v) is 11.4. The fourth-order valence-electron chi connectivity index (χ4n) is 1.77. The van der Waals surface area contributed by atoms with Gasteiger partial charge in [0.05, 0.1) is 17.4 Å². The van der Waals surface area contributed by atoms with Crippen LogP contribution in [0.15, 0.2) is 42.7 Å². The third kappa shape index (κ3) is 3.64. The van der Waals surface area contributed by atoms with Gasteiger partial charge in [-0.1, -0.05) is 29.8 Å². The lowest BCUT2D eigenvalue weighted by Crippen LogP contribution is -2.27. The number of aromatic nitrogens is 1. The molecule has 0 saturated heterocycles. The van der Waals surface area contributed by atoms with Crippen molar-refractivity contribution in [3.8, 4) is 0 Å². The Morgan fingerprint density at radius 3 is 2.52 bits per heavy atom. The largest absolute Gasteiger partial charge is 0.478 e. The van der Waals surface area contributed by atoms with E-state index in [-0.39, 0.29) is 5.56 Å². The maximum atomic E-state index is 12.1. The van der Waals surface area contributed by atoms with Crippen LogP contribution < -0.4 is 11.1 Å². The number of pyridine rings is 1. The quantitative estimate of drug-likeness (QED) is 0.793. The number of carbonyl (C=O) groups is 2. The lowest BCUT2D eigenvalue weighted by atomic mass is 10.1. The van der Waals surface area contributed by atoms with E-state index in [0.29, 0.717) is 11.3 Å². The Morgan fingerprint density at radius 1 is 1.24 bits per heavy atom. The second-order valence-electron chi connectivity index (χ2n) is 4.65. The molecule has 0 fully saturated rings. The highest BCUT2D eigenvalue weighted by atomic mass is 16.4. The molecular weight excluding hydrogens is 270 g/mol. The van der Waals surface area contributed by atoms with Gasteiger partial charge in [-0.3, -0.25) is 9.78 Å². The predicted molar refractivity (Wildman–Crippen MR) is 77.9 cm³/mol. The Balaban J connectivity index is 2.12. The Labute approximate surface area is 121 Å².